The Morgan fingerprint density at radius 3 is 2.77 bits per heavy atom. The fourth-order valence-corrected chi connectivity index (χ4v) is 3.61. The summed E-state index contributed by atoms with van der Waals surface area (Å²) in [6.45, 7) is 4.25. The van der Waals surface area contributed by atoms with Crippen LogP contribution in [0.5, 0.6) is 5.75 Å². The Hall–Kier alpha value is -2.87. The van der Waals surface area contributed by atoms with Crippen molar-refractivity contribution in [1.29, 1.82) is 0 Å². The van der Waals surface area contributed by atoms with Crippen molar-refractivity contribution in [2.24, 2.45) is 5.92 Å². The Kier molecular flexibility index (Phi) is 6.86. The number of amides is 1. The molecule has 31 heavy (non-hydrogen) atoms. The zero-order valence-corrected chi connectivity index (χ0v) is 18.3. The fourth-order valence-electron chi connectivity index (χ4n) is 3.61. The van der Waals surface area contributed by atoms with E-state index in [9.17, 15) is 4.79 Å². The van der Waals surface area contributed by atoms with E-state index in [1.165, 1.54) is 12.8 Å². The normalized spacial score (nSPS) is 16.1. The Balaban J connectivity index is 1.52. The van der Waals surface area contributed by atoms with Gasteiger partial charge in [-0.2, -0.15) is 4.98 Å². The molecule has 0 bridgehead atoms. The van der Waals surface area contributed by atoms with Gasteiger partial charge in [-0.3, -0.25) is 4.79 Å². The first-order chi connectivity index (χ1) is 15.1. The molecule has 4 rings (SSSR count). The molecule has 1 saturated heterocycles. The number of rotatable bonds is 9. The van der Waals surface area contributed by atoms with Gasteiger partial charge in [0.2, 0.25) is 5.95 Å². The van der Waals surface area contributed by atoms with Gasteiger partial charge in [0.25, 0.3) is 5.91 Å². The highest BCUT2D eigenvalue weighted by Crippen LogP contribution is 2.27. The monoisotopic (exact) mass is 425 g/mol. The number of para-hydroxylation sites is 1. The Morgan fingerprint density at radius 1 is 1.26 bits per heavy atom. The molecule has 1 aliphatic heterocycles. The van der Waals surface area contributed by atoms with Gasteiger partial charge in [0.05, 0.1) is 20.3 Å². The van der Waals surface area contributed by atoms with Crippen LogP contribution in [0.2, 0.25) is 0 Å². The number of carbonyl (C=O) groups excluding carboxylic acids is 1. The smallest absolute Gasteiger partial charge is 0.270 e. The molecule has 2 aliphatic rings. The molecule has 0 radical (unpaired) electrons. The molecule has 0 unspecified atom stereocenters. The van der Waals surface area contributed by atoms with E-state index in [-0.39, 0.29) is 5.91 Å². The second-order valence-electron chi connectivity index (χ2n) is 8.15. The van der Waals surface area contributed by atoms with Crippen molar-refractivity contribution in [3.05, 3.63) is 41.6 Å². The Morgan fingerprint density at radius 2 is 2.03 bits per heavy atom. The minimum absolute atomic E-state index is 0.136. The number of methoxy groups -OCH3 is 1. The number of hydrogen-bond donors (Lipinski definition) is 1. The zero-order chi connectivity index (χ0) is 21.6. The number of likely N-dealkylation sites (N-methyl/N-ethyl adjacent to an activating group) is 1. The van der Waals surface area contributed by atoms with Crippen LogP contribution in [-0.2, 0) is 11.2 Å². The lowest BCUT2D eigenvalue weighted by atomic mass is 10.1. The highest BCUT2D eigenvalue weighted by molar-refractivity contribution is 5.93. The highest BCUT2D eigenvalue weighted by Gasteiger charge is 2.24. The van der Waals surface area contributed by atoms with E-state index in [0.29, 0.717) is 43.9 Å². The number of nitrogens with one attached hydrogen (secondary N) is 1. The van der Waals surface area contributed by atoms with Crippen molar-refractivity contribution in [2.45, 2.75) is 19.3 Å². The number of ether oxygens (including phenoxy) is 2. The van der Waals surface area contributed by atoms with Gasteiger partial charge in [0.1, 0.15) is 17.3 Å². The van der Waals surface area contributed by atoms with E-state index in [2.05, 4.69) is 21.3 Å². The van der Waals surface area contributed by atoms with Crippen LogP contribution >= 0.6 is 0 Å². The summed E-state index contributed by atoms with van der Waals surface area (Å²) in [6.07, 6.45) is 3.18. The van der Waals surface area contributed by atoms with E-state index in [1.807, 2.05) is 30.1 Å². The molecule has 1 N–H and O–H groups in total. The van der Waals surface area contributed by atoms with E-state index < -0.39 is 0 Å². The van der Waals surface area contributed by atoms with Crippen LogP contribution in [0.25, 0.3) is 0 Å². The van der Waals surface area contributed by atoms with E-state index in [1.54, 1.807) is 13.2 Å². The van der Waals surface area contributed by atoms with Crippen LogP contribution in [0.1, 0.15) is 28.9 Å². The standard InChI is InChI=1S/C23H31N5O3/c1-27(10-9-18-5-3-4-6-20(18)30-2)23-25-19(22(29)24-16-17-7-8-17)15-21(26-23)28-11-13-31-14-12-28/h3-6,15,17H,7-14,16H2,1-2H3,(H,24,29). The minimum atomic E-state index is -0.136. The van der Waals surface area contributed by atoms with Crippen molar-refractivity contribution < 1.29 is 14.3 Å². The van der Waals surface area contributed by atoms with Crippen LogP contribution in [0.15, 0.2) is 30.3 Å². The van der Waals surface area contributed by atoms with Gasteiger partial charge >= 0.3 is 0 Å². The third-order valence-corrected chi connectivity index (χ3v) is 5.77. The molecule has 2 aromatic rings. The highest BCUT2D eigenvalue weighted by atomic mass is 16.5. The number of benzene rings is 1. The molecule has 1 aromatic heterocycles. The number of morpholine rings is 1. The predicted molar refractivity (Wildman–Crippen MR) is 120 cm³/mol. The molecule has 1 aromatic carbocycles. The lowest BCUT2D eigenvalue weighted by Crippen LogP contribution is -2.37. The molecular weight excluding hydrogens is 394 g/mol. The van der Waals surface area contributed by atoms with Crippen LogP contribution in [0.4, 0.5) is 11.8 Å². The SMILES string of the molecule is COc1ccccc1CCN(C)c1nc(C(=O)NCC2CC2)cc(N2CCOCC2)n1. The lowest BCUT2D eigenvalue weighted by molar-refractivity contribution is 0.0946. The maximum absolute atomic E-state index is 12.8. The van der Waals surface area contributed by atoms with Crippen molar-refractivity contribution in [2.75, 3.05) is 63.4 Å². The van der Waals surface area contributed by atoms with Crippen LogP contribution in [-0.4, -0.2) is 69.4 Å². The molecule has 1 saturated carbocycles. The van der Waals surface area contributed by atoms with Crippen LogP contribution in [0, 0.1) is 5.92 Å². The maximum atomic E-state index is 12.8. The quantitative estimate of drug-likeness (QED) is 0.659. The van der Waals surface area contributed by atoms with Crippen LogP contribution in [0.3, 0.4) is 0 Å². The summed E-state index contributed by atoms with van der Waals surface area (Å²) < 4.78 is 10.9. The van der Waals surface area contributed by atoms with E-state index >= 15 is 0 Å². The van der Waals surface area contributed by atoms with Gasteiger partial charge in [-0.25, -0.2) is 4.98 Å². The number of carbonyl (C=O) groups is 1. The molecule has 1 amide bonds. The first-order valence-corrected chi connectivity index (χ1v) is 11.0. The third kappa shape index (κ3) is 5.64. The zero-order valence-electron chi connectivity index (χ0n) is 18.3. The van der Waals surface area contributed by atoms with Gasteiger partial charge in [-0.05, 0) is 36.8 Å². The molecule has 8 heteroatoms. The number of anilines is 2. The summed E-state index contributed by atoms with van der Waals surface area (Å²) in [4.78, 5) is 26.3. The van der Waals surface area contributed by atoms with Gasteiger partial charge in [-0.15, -0.1) is 0 Å². The molecule has 2 fully saturated rings. The number of aromatic nitrogens is 2. The summed E-state index contributed by atoms with van der Waals surface area (Å²) in [7, 11) is 3.64. The van der Waals surface area contributed by atoms with E-state index in [4.69, 9.17) is 14.5 Å². The lowest BCUT2D eigenvalue weighted by Gasteiger charge is -2.29. The molecular formula is C23H31N5O3. The Labute approximate surface area is 183 Å². The fraction of sp³-hybridized carbons (Fsp3) is 0.522. The average molecular weight is 426 g/mol. The van der Waals surface area contributed by atoms with Gasteiger partial charge in [0, 0.05) is 39.3 Å². The molecule has 0 atom stereocenters. The largest absolute Gasteiger partial charge is 0.496 e. The molecule has 1 aliphatic carbocycles. The molecule has 166 valence electrons. The first kappa shape index (κ1) is 21.4. The average Bonchev–Trinajstić information content (AvgIpc) is 3.66. The summed E-state index contributed by atoms with van der Waals surface area (Å²) in [5, 5.41) is 3.02. The second-order valence-corrected chi connectivity index (χ2v) is 8.15. The number of nitrogens with zero attached hydrogens (tertiary/aromatic N) is 4. The van der Waals surface area contributed by atoms with Crippen molar-refractivity contribution in [3.63, 3.8) is 0 Å². The van der Waals surface area contributed by atoms with Gasteiger partial charge < -0.3 is 24.6 Å². The maximum Gasteiger partial charge on any atom is 0.270 e. The summed E-state index contributed by atoms with van der Waals surface area (Å²) in [5.41, 5.74) is 1.54. The summed E-state index contributed by atoms with van der Waals surface area (Å²) >= 11 is 0. The minimum Gasteiger partial charge on any atom is -0.496 e. The van der Waals surface area contributed by atoms with Crippen molar-refractivity contribution in [1.82, 2.24) is 15.3 Å². The summed E-state index contributed by atoms with van der Waals surface area (Å²) in [6, 6.07) is 9.80. The van der Waals surface area contributed by atoms with Gasteiger partial charge in [-0.1, -0.05) is 18.2 Å². The van der Waals surface area contributed by atoms with Crippen molar-refractivity contribution in [3.8, 4) is 5.75 Å². The topological polar surface area (TPSA) is 79.8 Å². The predicted octanol–water partition coefficient (Wildman–Crippen LogP) is 2.14. The van der Waals surface area contributed by atoms with Crippen molar-refractivity contribution >= 4 is 17.7 Å². The van der Waals surface area contributed by atoms with E-state index in [0.717, 1.165) is 36.6 Å². The molecule has 2 heterocycles. The molecule has 8 nitrogen and oxygen atoms in total. The first-order valence-electron chi connectivity index (χ1n) is 11.0. The summed E-state index contributed by atoms with van der Waals surface area (Å²) in [5.74, 6) is 2.68. The third-order valence-electron chi connectivity index (χ3n) is 5.77. The second kappa shape index (κ2) is 9.96. The van der Waals surface area contributed by atoms with Crippen LogP contribution < -0.4 is 19.9 Å². The Bertz CT molecular complexity index is 897. The molecule has 0 spiro atoms. The van der Waals surface area contributed by atoms with Gasteiger partial charge in [0.15, 0.2) is 0 Å². The number of hydrogen-bond acceptors (Lipinski definition) is 7.